The van der Waals surface area contributed by atoms with Gasteiger partial charge in [-0.2, -0.15) is 4.98 Å². The number of aromatic nitrogens is 2. The van der Waals surface area contributed by atoms with Gasteiger partial charge in [-0.3, -0.25) is 14.5 Å². The number of nitrogens with zero attached hydrogens (tertiary/aromatic N) is 4. The minimum atomic E-state index is -0.482. The highest BCUT2D eigenvalue weighted by Gasteiger charge is 2.26. The molecular weight excluding hydrogens is 394 g/mol. The Bertz CT molecular complexity index is 913. The Morgan fingerprint density at radius 2 is 1.94 bits per heavy atom. The van der Waals surface area contributed by atoms with Crippen molar-refractivity contribution in [3.63, 3.8) is 0 Å². The number of carbonyl (C=O) groups is 2. The fraction of sp³-hybridized carbons (Fsp3) is 0.565. The van der Waals surface area contributed by atoms with Crippen molar-refractivity contribution in [2.45, 2.75) is 58.0 Å². The van der Waals surface area contributed by atoms with Gasteiger partial charge in [0.15, 0.2) is 0 Å². The van der Waals surface area contributed by atoms with Crippen LogP contribution in [0.5, 0.6) is 0 Å². The lowest BCUT2D eigenvalue weighted by molar-refractivity contribution is -0.137. The SMILES string of the molecule is CC(=O)N[C@@H](C)C(=O)N1CCN(Cc2cccc(-c3noc(C4CCCC4)n3)c2)CC1. The summed E-state index contributed by atoms with van der Waals surface area (Å²) in [4.78, 5) is 32.5. The molecule has 1 atom stereocenters. The zero-order valence-corrected chi connectivity index (χ0v) is 18.3. The third kappa shape index (κ3) is 5.31. The number of nitrogens with one attached hydrogen (secondary N) is 1. The molecule has 4 rings (SSSR count). The molecular formula is C23H31N5O3. The number of piperazine rings is 1. The molecule has 1 aliphatic heterocycles. The minimum absolute atomic E-state index is 0.0213. The summed E-state index contributed by atoms with van der Waals surface area (Å²) >= 11 is 0. The van der Waals surface area contributed by atoms with E-state index in [0.29, 0.717) is 24.8 Å². The van der Waals surface area contributed by atoms with E-state index in [4.69, 9.17) is 4.52 Å². The monoisotopic (exact) mass is 425 g/mol. The number of hydrogen-bond acceptors (Lipinski definition) is 6. The van der Waals surface area contributed by atoms with Crippen molar-refractivity contribution in [2.24, 2.45) is 0 Å². The number of carbonyl (C=O) groups excluding carboxylic acids is 2. The van der Waals surface area contributed by atoms with E-state index in [9.17, 15) is 9.59 Å². The van der Waals surface area contributed by atoms with Gasteiger partial charge in [0, 0.05) is 51.1 Å². The first-order valence-corrected chi connectivity index (χ1v) is 11.2. The van der Waals surface area contributed by atoms with E-state index in [-0.39, 0.29) is 11.8 Å². The molecule has 0 unspecified atom stereocenters. The Labute approximate surface area is 183 Å². The summed E-state index contributed by atoms with van der Waals surface area (Å²) in [5.41, 5.74) is 2.17. The minimum Gasteiger partial charge on any atom is -0.345 e. The van der Waals surface area contributed by atoms with Crippen LogP contribution < -0.4 is 5.32 Å². The second-order valence-corrected chi connectivity index (χ2v) is 8.66. The van der Waals surface area contributed by atoms with E-state index in [1.807, 2.05) is 17.0 Å². The fourth-order valence-corrected chi connectivity index (χ4v) is 4.52. The molecule has 1 aliphatic carbocycles. The second kappa shape index (κ2) is 9.60. The summed E-state index contributed by atoms with van der Waals surface area (Å²) in [5.74, 6) is 1.64. The van der Waals surface area contributed by atoms with Crippen LogP contribution in [0.3, 0.4) is 0 Å². The third-order valence-corrected chi connectivity index (χ3v) is 6.21. The van der Waals surface area contributed by atoms with Gasteiger partial charge in [-0.05, 0) is 31.4 Å². The van der Waals surface area contributed by atoms with Gasteiger partial charge in [-0.1, -0.05) is 36.2 Å². The van der Waals surface area contributed by atoms with E-state index >= 15 is 0 Å². The summed E-state index contributed by atoms with van der Waals surface area (Å²) in [6, 6.07) is 7.81. The van der Waals surface area contributed by atoms with Gasteiger partial charge < -0.3 is 14.7 Å². The molecule has 2 fully saturated rings. The van der Waals surface area contributed by atoms with Crippen LogP contribution in [0.15, 0.2) is 28.8 Å². The highest BCUT2D eigenvalue weighted by molar-refractivity contribution is 5.86. The first-order valence-electron chi connectivity index (χ1n) is 11.2. The number of hydrogen-bond donors (Lipinski definition) is 1. The summed E-state index contributed by atoms with van der Waals surface area (Å²) in [7, 11) is 0. The molecule has 1 saturated carbocycles. The van der Waals surface area contributed by atoms with Crippen molar-refractivity contribution in [1.29, 1.82) is 0 Å². The van der Waals surface area contributed by atoms with Gasteiger partial charge in [0.05, 0.1) is 0 Å². The summed E-state index contributed by atoms with van der Waals surface area (Å²) in [5, 5.41) is 6.88. The van der Waals surface area contributed by atoms with E-state index < -0.39 is 6.04 Å². The zero-order chi connectivity index (χ0) is 21.8. The molecule has 1 aromatic carbocycles. The van der Waals surface area contributed by atoms with Crippen LogP contribution in [0.4, 0.5) is 0 Å². The van der Waals surface area contributed by atoms with Gasteiger partial charge in [0.25, 0.3) is 0 Å². The van der Waals surface area contributed by atoms with Gasteiger partial charge in [0.1, 0.15) is 6.04 Å². The van der Waals surface area contributed by atoms with Gasteiger partial charge in [-0.25, -0.2) is 0 Å². The van der Waals surface area contributed by atoms with Gasteiger partial charge >= 0.3 is 0 Å². The highest BCUT2D eigenvalue weighted by Crippen LogP contribution is 2.34. The fourth-order valence-electron chi connectivity index (χ4n) is 4.52. The largest absolute Gasteiger partial charge is 0.345 e. The van der Waals surface area contributed by atoms with E-state index in [1.54, 1.807) is 6.92 Å². The Morgan fingerprint density at radius 1 is 1.19 bits per heavy atom. The molecule has 2 aliphatic rings. The Balaban J connectivity index is 1.33. The maximum atomic E-state index is 12.5. The van der Waals surface area contributed by atoms with E-state index in [2.05, 4.69) is 32.5 Å². The zero-order valence-electron chi connectivity index (χ0n) is 18.3. The lowest BCUT2D eigenvalue weighted by atomic mass is 10.1. The maximum Gasteiger partial charge on any atom is 0.244 e. The van der Waals surface area contributed by atoms with Crippen molar-refractivity contribution in [3.8, 4) is 11.4 Å². The van der Waals surface area contributed by atoms with Crippen molar-refractivity contribution >= 4 is 11.8 Å². The van der Waals surface area contributed by atoms with Crippen LogP contribution in [0.1, 0.15) is 56.9 Å². The number of benzene rings is 1. The highest BCUT2D eigenvalue weighted by atomic mass is 16.5. The molecule has 166 valence electrons. The maximum absolute atomic E-state index is 12.5. The summed E-state index contributed by atoms with van der Waals surface area (Å²) in [6.45, 7) is 6.91. The lowest BCUT2D eigenvalue weighted by Gasteiger charge is -2.36. The molecule has 1 N–H and O–H groups in total. The molecule has 31 heavy (non-hydrogen) atoms. The van der Waals surface area contributed by atoms with Crippen molar-refractivity contribution in [1.82, 2.24) is 25.3 Å². The molecule has 8 heteroatoms. The second-order valence-electron chi connectivity index (χ2n) is 8.66. The molecule has 0 spiro atoms. The predicted molar refractivity (Wildman–Crippen MR) is 116 cm³/mol. The standard InChI is InChI=1S/C23H31N5O3/c1-16(24-17(2)29)23(30)28-12-10-27(11-13-28)15-18-6-5-9-20(14-18)21-25-22(31-26-21)19-7-3-4-8-19/h5-6,9,14,16,19H,3-4,7-8,10-13,15H2,1-2H3,(H,24,29)/t16-/m0/s1. The average molecular weight is 426 g/mol. The van der Waals surface area contributed by atoms with E-state index in [0.717, 1.165) is 43.9 Å². The van der Waals surface area contributed by atoms with Crippen molar-refractivity contribution in [2.75, 3.05) is 26.2 Å². The first-order chi connectivity index (χ1) is 15.0. The van der Waals surface area contributed by atoms with Gasteiger partial charge in [-0.15, -0.1) is 0 Å². The number of amides is 2. The number of rotatable bonds is 6. The van der Waals surface area contributed by atoms with Crippen LogP contribution in [-0.2, 0) is 16.1 Å². The summed E-state index contributed by atoms with van der Waals surface area (Å²) in [6.07, 6.45) is 4.76. The molecule has 0 bridgehead atoms. The molecule has 0 radical (unpaired) electrons. The topological polar surface area (TPSA) is 91.6 Å². The molecule has 8 nitrogen and oxygen atoms in total. The Kier molecular flexibility index (Phi) is 6.65. The predicted octanol–water partition coefficient (Wildman–Crippen LogP) is 2.56. The average Bonchev–Trinajstić information content (AvgIpc) is 3.45. The summed E-state index contributed by atoms with van der Waals surface area (Å²) < 4.78 is 5.54. The lowest BCUT2D eigenvalue weighted by Crippen LogP contribution is -2.53. The van der Waals surface area contributed by atoms with Crippen LogP contribution in [0, 0.1) is 0 Å². The van der Waals surface area contributed by atoms with Crippen LogP contribution in [-0.4, -0.2) is 64.0 Å². The third-order valence-electron chi connectivity index (χ3n) is 6.21. The Hall–Kier alpha value is -2.74. The van der Waals surface area contributed by atoms with Crippen molar-refractivity contribution in [3.05, 3.63) is 35.7 Å². The quantitative estimate of drug-likeness (QED) is 0.765. The molecule has 2 heterocycles. The normalized spacial score (nSPS) is 18.8. The Morgan fingerprint density at radius 3 is 2.65 bits per heavy atom. The van der Waals surface area contributed by atoms with Crippen LogP contribution in [0.2, 0.25) is 0 Å². The van der Waals surface area contributed by atoms with Crippen molar-refractivity contribution < 1.29 is 14.1 Å². The molecule has 2 aromatic rings. The van der Waals surface area contributed by atoms with Crippen LogP contribution in [0.25, 0.3) is 11.4 Å². The first kappa shape index (κ1) is 21.5. The molecule has 1 aromatic heterocycles. The molecule has 1 saturated heterocycles. The smallest absolute Gasteiger partial charge is 0.244 e. The van der Waals surface area contributed by atoms with Crippen LogP contribution >= 0.6 is 0 Å². The molecule has 2 amide bonds. The van der Waals surface area contributed by atoms with Gasteiger partial charge in [0.2, 0.25) is 23.5 Å². The van der Waals surface area contributed by atoms with E-state index in [1.165, 1.54) is 25.3 Å².